The minimum absolute atomic E-state index is 0.0158. The van der Waals surface area contributed by atoms with Crippen LogP contribution in [-0.4, -0.2) is 0 Å². The molecule has 282 valence electrons. The second-order valence-electron chi connectivity index (χ2n) is 18.3. The predicted octanol–water partition coefficient (Wildman–Crippen LogP) is 14.1. The molecule has 0 spiro atoms. The maximum atomic E-state index is 6.49. The van der Waals surface area contributed by atoms with E-state index in [-0.39, 0.29) is 10.8 Å². The van der Waals surface area contributed by atoms with Crippen LogP contribution in [0.4, 0.5) is 17.1 Å². The van der Waals surface area contributed by atoms with Gasteiger partial charge in [-0.3, -0.25) is 0 Å². The summed E-state index contributed by atoms with van der Waals surface area (Å²) in [6.07, 6.45) is 11.2. The lowest BCUT2D eigenvalue weighted by atomic mass is 9.79. The maximum Gasteiger partial charge on any atom is 0.143 e. The molecule has 0 aliphatic heterocycles. The molecule has 0 saturated heterocycles. The second-order valence-corrected chi connectivity index (χ2v) is 18.3. The van der Waals surface area contributed by atoms with E-state index in [1.807, 2.05) is 6.07 Å². The van der Waals surface area contributed by atoms with Crippen LogP contribution in [0.1, 0.15) is 115 Å². The first kappa shape index (κ1) is 36.3. The van der Waals surface area contributed by atoms with Crippen molar-refractivity contribution in [2.45, 2.75) is 103 Å². The fraction of sp³-hybridized carbons (Fsp3) is 0.296. The number of rotatable bonds is 6. The summed E-state index contributed by atoms with van der Waals surface area (Å²) in [5.74, 6) is 0.630. The van der Waals surface area contributed by atoms with Gasteiger partial charge in [0.05, 0.1) is 5.69 Å². The van der Waals surface area contributed by atoms with Gasteiger partial charge in [0.2, 0.25) is 0 Å². The minimum Gasteiger partial charge on any atom is -0.455 e. The third kappa shape index (κ3) is 6.68. The molecule has 2 heteroatoms. The van der Waals surface area contributed by atoms with E-state index in [1.54, 1.807) is 5.56 Å². The summed E-state index contributed by atoms with van der Waals surface area (Å²) in [6.45, 7) is 14.0. The van der Waals surface area contributed by atoms with Crippen LogP contribution in [0.15, 0.2) is 132 Å². The molecular formula is C54H55NO. The van der Waals surface area contributed by atoms with Crippen LogP contribution in [0.25, 0.3) is 44.7 Å². The average molecular weight is 734 g/mol. The van der Waals surface area contributed by atoms with Crippen LogP contribution in [0.3, 0.4) is 0 Å². The molecule has 2 aliphatic rings. The van der Waals surface area contributed by atoms with Gasteiger partial charge >= 0.3 is 0 Å². The summed E-state index contributed by atoms with van der Waals surface area (Å²) in [5, 5.41) is 5.21. The lowest BCUT2D eigenvalue weighted by molar-refractivity contribution is 0.442. The Hall–Kier alpha value is -5.34. The summed E-state index contributed by atoms with van der Waals surface area (Å²) in [6, 6.07) is 47.7. The van der Waals surface area contributed by atoms with E-state index in [0.717, 1.165) is 51.6 Å². The van der Waals surface area contributed by atoms with Gasteiger partial charge in [0, 0.05) is 33.3 Å². The Bertz CT molecular complexity index is 2660. The summed E-state index contributed by atoms with van der Waals surface area (Å²) >= 11 is 0. The summed E-state index contributed by atoms with van der Waals surface area (Å²) in [7, 11) is 0. The van der Waals surface area contributed by atoms with E-state index in [4.69, 9.17) is 4.42 Å². The highest BCUT2D eigenvalue weighted by Gasteiger charge is 2.27. The third-order valence-corrected chi connectivity index (χ3v) is 12.5. The number of furan rings is 1. The maximum absolute atomic E-state index is 6.49. The van der Waals surface area contributed by atoms with Crippen molar-refractivity contribution in [3.63, 3.8) is 0 Å². The topological polar surface area (TPSA) is 16.4 Å². The highest BCUT2D eigenvalue weighted by atomic mass is 16.3. The van der Waals surface area contributed by atoms with Crippen molar-refractivity contribution in [1.29, 1.82) is 0 Å². The number of para-hydroxylation sites is 3. The van der Waals surface area contributed by atoms with E-state index < -0.39 is 0 Å². The van der Waals surface area contributed by atoms with E-state index in [0.29, 0.717) is 5.92 Å². The Morgan fingerprint density at radius 3 is 2.00 bits per heavy atom. The zero-order chi connectivity index (χ0) is 38.6. The Kier molecular flexibility index (Phi) is 9.28. The smallest absolute Gasteiger partial charge is 0.143 e. The van der Waals surface area contributed by atoms with Crippen LogP contribution in [0, 0.1) is 0 Å². The predicted molar refractivity (Wildman–Crippen MR) is 239 cm³/mol. The SMILES string of the molecule is CC(C)(C)c1cc(N(c2ccc(-c3cccc4c3oc3ccccc34)cc2)c2ccccc2C2=c3c(C4CCCCC4)cccc3=CCC2)cc(C(C)(C)C)c1. The van der Waals surface area contributed by atoms with E-state index >= 15 is 0 Å². The highest BCUT2D eigenvalue weighted by molar-refractivity contribution is 6.09. The van der Waals surface area contributed by atoms with E-state index in [2.05, 4.69) is 174 Å². The van der Waals surface area contributed by atoms with Crippen molar-refractivity contribution in [3.8, 4) is 11.1 Å². The van der Waals surface area contributed by atoms with Gasteiger partial charge in [-0.05, 0) is 117 Å². The van der Waals surface area contributed by atoms with Crippen LogP contribution in [-0.2, 0) is 10.8 Å². The standard InChI is InChI=1S/C54H55NO/c1-53(2,3)39-33-40(54(4,5)6)35-42(34-39)55(41-31-29-37(30-32-41)44-24-16-26-48-46-22-11-13-28-50(46)56-52(44)48)49-27-12-10-21-45(49)47-25-15-20-38-19-14-23-43(51(38)47)36-17-8-7-9-18-36/h10-14,16,19-24,26-36H,7-9,15,17-18,25H2,1-6H3. The molecule has 1 heterocycles. The molecule has 0 unspecified atom stereocenters. The van der Waals surface area contributed by atoms with Gasteiger partial charge < -0.3 is 9.32 Å². The number of benzene rings is 6. The van der Waals surface area contributed by atoms with Gasteiger partial charge in [-0.25, -0.2) is 0 Å². The van der Waals surface area contributed by atoms with Gasteiger partial charge in [0.25, 0.3) is 0 Å². The Balaban J connectivity index is 1.27. The molecule has 0 radical (unpaired) electrons. The van der Waals surface area contributed by atoms with Crippen molar-refractivity contribution in [2.24, 2.45) is 0 Å². The molecule has 56 heavy (non-hydrogen) atoms. The molecule has 1 fully saturated rings. The normalized spacial score (nSPS) is 15.2. The van der Waals surface area contributed by atoms with Gasteiger partial charge in [0.15, 0.2) is 0 Å². The van der Waals surface area contributed by atoms with Crippen molar-refractivity contribution < 1.29 is 4.42 Å². The fourth-order valence-electron chi connectivity index (χ4n) is 9.35. The number of hydrogen-bond donors (Lipinski definition) is 0. The fourth-order valence-corrected chi connectivity index (χ4v) is 9.35. The lowest BCUT2D eigenvalue weighted by Gasteiger charge is -2.33. The first-order chi connectivity index (χ1) is 27.0. The molecule has 1 aromatic heterocycles. The Morgan fingerprint density at radius 2 is 1.25 bits per heavy atom. The molecule has 0 bridgehead atoms. The van der Waals surface area contributed by atoms with E-state index in [9.17, 15) is 0 Å². The molecule has 2 nitrogen and oxygen atoms in total. The molecule has 2 aliphatic carbocycles. The monoisotopic (exact) mass is 733 g/mol. The van der Waals surface area contributed by atoms with Crippen LogP contribution >= 0.6 is 0 Å². The van der Waals surface area contributed by atoms with Crippen molar-refractivity contribution in [3.05, 3.63) is 160 Å². The Labute approximate surface area is 333 Å². The van der Waals surface area contributed by atoms with Gasteiger partial charge in [-0.15, -0.1) is 0 Å². The number of anilines is 3. The zero-order valence-corrected chi connectivity index (χ0v) is 34.1. The molecule has 9 rings (SSSR count). The Morgan fingerprint density at radius 1 is 0.589 bits per heavy atom. The largest absolute Gasteiger partial charge is 0.455 e. The van der Waals surface area contributed by atoms with Gasteiger partial charge in [0.1, 0.15) is 11.2 Å². The molecule has 6 aromatic carbocycles. The van der Waals surface area contributed by atoms with Crippen LogP contribution < -0.4 is 15.3 Å². The number of nitrogens with zero attached hydrogens (tertiary/aromatic N) is 1. The molecule has 0 atom stereocenters. The second kappa shape index (κ2) is 14.3. The zero-order valence-electron chi connectivity index (χ0n) is 34.1. The molecule has 7 aromatic rings. The molecule has 0 N–H and O–H groups in total. The first-order valence-electron chi connectivity index (χ1n) is 20.9. The molecular weight excluding hydrogens is 679 g/mol. The number of hydrogen-bond acceptors (Lipinski definition) is 2. The number of fused-ring (bicyclic) bond motifs is 4. The van der Waals surface area contributed by atoms with E-state index in [1.165, 1.54) is 76.2 Å². The van der Waals surface area contributed by atoms with Gasteiger partial charge in [-0.1, -0.05) is 158 Å². The molecule has 0 amide bonds. The summed E-state index contributed by atoms with van der Waals surface area (Å²) in [4.78, 5) is 2.54. The van der Waals surface area contributed by atoms with Gasteiger partial charge in [-0.2, -0.15) is 0 Å². The quantitative estimate of drug-likeness (QED) is 0.169. The lowest BCUT2D eigenvalue weighted by Crippen LogP contribution is -2.35. The minimum atomic E-state index is -0.0158. The highest BCUT2D eigenvalue weighted by Crippen LogP contribution is 2.44. The summed E-state index contributed by atoms with van der Waals surface area (Å²) in [5.41, 5.74) is 14.7. The average Bonchev–Trinajstić information content (AvgIpc) is 3.60. The molecule has 1 saturated carbocycles. The first-order valence-corrected chi connectivity index (χ1v) is 20.9. The summed E-state index contributed by atoms with van der Waals surface area (Å²) < 4.78 is 6.49. The third-order valence-electron chi connectivity index (χ3n) is 12.5. The van der Waals surface area contributed by atoms with Crippen LogP contribution in [0.2, 0.25) is 0 Å². The van der Waals surface area contributed by atoms with Crippen molar-refractivity contribution in [1.82, 2.24) is 0 Å². The van der Waals surface area contributed by atoms with Crippen molar-refractivity contribution in [2.75, 3.05) is 4.90 Å². The van der Waals surface area contributed by atoms with Crippen LogP contribution in [0.5, 0.6) is 0 Å². The van der Waals surface area contributed by atoms with Crippen molar-refractivity contribution >= 4 is 50.6 Å².